The van der Waals surface area contributed by atoms with Gasteiger partial charge in [0.15, 0.2) is 5.88 Å². The number of amides is 1. The van der Waals surface area contributed by atoms with Crippen LogP contribution in [-0.4, -0.2) is 69.8 Å². The van der Waals surface area contributed by atoms with Crippen LogP contribution in [0.2, 0.25) is 0 Å². The molecule has 3 heterocycles. The molecule has 5 atom stereocenters. The number of nitrogens with one attached hydrogen (secondary N) is 1. The molecule has 0 spiro atoms. The van der Waals surface area contributed by atoms with Gasteiger partial charge in [-0.1, -0.05) is 33.6 Å². The Morgan fingerprint density at radius 1 is 1.15 bits per heavy atom. The molecule has 1 aromatic carbocycles. The van der Waals surface area contributed by atoms with Crippen molar-refractivity contribution in [3.8, 4) is 11.6 Å². The molecular formula is C30H40N4O6. The van der Waals surface area contributed by atoms with Gasteiger partial charge in [0.05, 0.1) is 24.7 Å². The number of rotatable bonds is 2. The molecule has 2 fully saturated rings. The number of carboxylic acid groups (broad SMARTS) is 1. The molecule has 216 valence electrons. The zero-order valence-corrected chi connectivity index (χ0v) is 23.8. The maximum Gasteiger partial charge on any atom is 0.326 e. The fraction of sp³-hybridized carbons (Fsp3) is 0.600. The van der Waals surface area contributed by atoms with Gasteiger partial charge in [0, 0.05) is 12.5 Å². The molecule has 1 aromatic heterocycles. The summed E-state index contributed by atoms with van der Waals surface area (Å²) >= 11 is 0. The van der Waals surface area contributed by atoms with E-state index in [-0.39, 0.29) is 25.0 Å². The van der Waals surface area contributed by atoms with E-state index in [0.29, 0.717) is 35.4 Å². The molecule has 1 amide bonds. The zero-order valence-electron chi connectivity index (χ0n) is 23.8. The number of nitrogens with zero attached hydrogens (tertiary/aromatic N) is 3. The lowest BCUT2D eigenvalue weighted by molar-refractivity contribution is -0.150. The van der Waals surface area contributed by atoms with Crippen LogP contribution in [0.1, 0.15) is 65.0 Å². The van der Waals surface area contributed by atoms with E-state index in [1.165, 1.54) is 4.90 Å². The molecule has 2 N–H and O–H groups in total. The summed E-state index contributed by atoms with van der Waals surface area (Å²) < 4.78 is 17.8. The third-order valence-corrected chi connectivity index (χ3v) is 8.07. The van der Waals surface area contributed by atoms with Gasteiger partial charge in [-0.15, -0.1) is 0 Å². The molecule has 10 heteroatoms. The summed E-state index contributed by atoms with van der Waals surface area (Å²) in [5, 5.41) is 13.2. The molecule has 2 bridgehead atoms. The van der Waals surface area contributed by atoms with Crippen LogP contribution >= 0.6 is 0 Å². The van der Waals surface area contributed by atoms with Crippen molar-refractivity contribution in [2.45, 2.75) is 90.0 Å². The first-order valence-corrected chi connectivity index (χ1v) is 14.2. The summed E-state index contributed by atoms with van der Waals surface area (Å²) in [7, 11) is 1.60. The SMILES string of the molecule is C=C1N[C@@H](C(C)(C)C)C(=O)N2C[C@@H](C[C@H]2C(=O)O)Oc2nc3cc(OC)ccc3nc2CCCCC[C@@H]2C[C@H]2O1. The molecular weight excluding hydrogens is 512 g/mol. The van der Waals surface area contributed by atoms with Crippen molar-refractivity contribution < 1.29 is 28.9 Å². The molecule has 0 unspecified atom stereocenters. The third-order valence-electron chi connectivity index (χ3n) is 8.07. The Kier molecular flexibility index (Phi) is 7.79. The summed E-state index contributed by atoms with van der Waals surface area (Å²) in [6, 6.07) is 3.80. The molecule has 2 aromatic rings. The van der Waals surface area contributed by atoms with E-state index in [2.05, 4.69) is 11.9 Å². The van der Waals surface area contributed by atoms with Gasteiger partial charge in [-0.2, -0.15) is 0 Å². The Morgan fingerprint density at radius 3 is 2.67 bits per heavy atom. The maximum absolute atomic E-state index is 13.9. The summed E-state index contributed by atoms with van der Waals surface area (Å²) in [5.41, 5.74) is 1.60. The second-order valence-electron chi connectivity index (χ2n) is 12.3. The highest BCUT2D eigenvalue weighted by Gasteiger charge is 2.46. The highest BCUT2D eigenvalue weighted by atomic mass is 16.5. The highest BCUT2D eigenvalue weighted by molar-refractivity contribution is 5.88. The van der Waals surface area contributed by atoms with Crippen LogP contribution in [0.25, 0.3) is 11.0 Å². The van der Waals surface area contributed by atoms with Crippen LogP contribution < -0.4 is 14.8 Å². The fourth-order valence-corrected chi connectivity index (χ4v) is 5.69. The first kappa shape index (κ1) is 28.0. The van der Waals surface area contributed by atoms with Crippen LogP contribution in [0.3, 0.4) is 0 Å². The number of aryl methyl sites for hydroxylation is 1. The van der Waals surface area contributed by atoms with Gasteiger partial charge in [-0.25, -0.2) is 14.8 Å². The smallest absolute Gasteiger partial charge is 0.326 e. The van der Waals surface area contributed by atoms with Crippen molar-refractivity contribution in [2.24, 2.45) is 11.3 Å². The topological polar surface area (TPSA) is 123 Å². The largest absolute Gasteiger partial charge is 0.497 e. The van der Waals surface area contributed by atoms with Crippen molar-refractivity contribution >= 4 is 22.9 Å². The summed E-state index contributed by atoms with van der Waals surface area (Å²) in [5.74, 6) is 0.496. The van der Waals surface area contributed by atoms with Crippen LogP contribution in [0.5, 0.6) is 11.6 Å². The number of hydrogen-bond acceptors (Lipinski definition) is 8. The van der Waals surface area contributed by atoms with Gasteiger partial charge >= 0.3 is 5.97 Å². The minimum atomic E-state index is -1.07. The van der Waals surface area contributed by atoms with Gasteiger partial charge in [0.2, 0.25) is 11.8 Å². The monoisotopic (exact) mass is 552 g/mol. The third kappa shape index (κ3) is 6.10. The fourth-order valence-electron chi connectivity index (χ4n) is 5.69. The number of carboxylic acids is 1. The molecule has 2 aliphatic heterocycles. The quantitative estimate of drug-likeness (QED) is 0.568. The second kappa shape index (κ2) is 11.1. The van der Waals surface area contributed by atoms with Gasteiger partial charge in [-0.05, 0) is 55.7 Å². The Morgan fingerprint density at radius 2 is 1.95 bits per heavy atom. The summed E-state index contributed by atoms with van der Waals surface area (Å²) in [6.07, 6.45) is 5.50. The van der Waals surface area contributed by atoms with E-state index in [1.807, 2.05) is 39.0 Å². The zero-order chi connectivity index (χ0) is 28.6. The number of benzene rings is 1. The van der Waals surface area contributed by atoms with Crippen LogP contribution in [0.4, 0.5) is 0 Å². The van der Waals surface area contributed by atoms with Crippen molar-refractivity contribution in [3.63, 3.8) is 0 Å². The number of hydrogen-bond donors (Lipinski definition) is 2. The molecule has 10 nitrogen and oxygen atoms in total. The lowest BCUT2D eigenvalue weighted by atomic mass is 9.85. The molecule has 5 rings (SSSR count). The van der Waals surface area contributed by atoms with Crippen LogP contribution in [0, 0.1) is 11.3 Å². The summed E-state index contributed by atoms with van der Waals surface area (Å²) in [4.78, 5) is 37.3. The van der Waals surface area contributed by atoms with E-state index in [1.54, 1.807) is 7.11 Å². The average molecular weight is 553 g/mol. The Hall–Kier alpha value is -3.56. The van der Waals surface area contributed by atoms with Crippen LogP contribution in [-0.2, 0) is 20.7 Å². The van der Waals surface area contributed by atoms with E-state index in [4.69, 9.17) is 24.2 Å². The Bertz CT molecular complexity index is 1290. The maximum atomic E-state index is 13.9. The number of aliphatic carboxylic acids is 1. The number of ether oxygens (including phenoxy) is 3. The number of aromatic nitrogens is 2. The van der Waals surface area contributed by atoms with Gasteiger partial charge in [-0.3, -0.25) is 4.79 Å². The summed E-state index contributed by atoms with van der Waals surface area (Å²) in [6.45, 7) is 9.97. The van der Waals surface area contributed by atoms with Crippen LogP contribution in [0.15, 0.2) is 30.7 Å². The van der Waals surface area contributed by atoms with Crippen molar-refractivity contribution in [3.05, 3.63) is 36.4 Å². The first-order valence-electron chi connectivity index (χ1n) is 14.2. The Balaban J connectivity index is 1.48. The minimum absolute atomic E-state index is 0.0980. The predicted octanol–water partition coefficient (Wildman–Crippen LogP) is 4.07. The van der Waals surface area contributed by atoms with Gasteiger partial charge in [0.1, 0.15) is 35.7 Å². The van der Waals surface area contributed by atoms with E-state index in [0.717, 1.165) is 43.3 Å². The molecule has 1 aliphatic carbocycles. The standard InChI is InChI=1S/C30H40N4O6/c1-17-31-26(30(2,3)4)28(35)34-16-20(15-24(34)29(36)37)40-27-22(10-8-6-7-9-18-13-25(18)39-17)32-21-12-11-19(38-5)14-23(21)33-27/h11-12,14,18,20,24-26,31H,1,6-10,13,15-16H2,2-5H3,(H,36,37)/t18-,20-,24+,25-,26-/m1/s1. The minimum Gasteiger partial charge on any atom is -0.497 e. The van der Waals surface area contributed by atoms with Crippen molar-refractivity contribution in [2.75, 3.05) is 13.7 Å². The number of carbonyl (C=O) groups excluding carboxylic acids is 1. The molecule has 3 aliphatic rings. The van der Waals surface area contributed by atoms with E-state index < -0.39 is 29.6 Å². The highest BCUT2D eigenvalue weighted by Crippen LogP contribution is 2.39. The van der Waals surface area contributed by atoms with Gasteiger partial charge in [0.25, 0.3) is 0 Å². The van der Waals surface area contributed by atoms with Crippen molar-refractivity contribution in [1.82, 2.24) is 20.2 Å². The number of methoxy groups -OCH3 is 1. The number of carbonyl (C=O) groups is 2. The average Bonchev–Trinajstić information content (AvgIpc) is 3.48. The van der Waals surface area contributed by atoms with Gasteiger partial charge < -0.3 is 29.5 Å². The molecule has 40 heavy (non-hydrogen) atoms. The first-order chi connectivity index (χ1) is 19.0. The molecule has 1 saturated carbocycles. The van der Waals surface area contributed by atoms with E-state index >= 15 is 0 Å². The Labute approximate surface area is 235 Å². The van der Waals surface area contributed by atoms with E-state index in [9.17, 15) is 14.7 Å². The van der Waals surface area contributed by atoms with Crippen molar-refractivity contribution in [1.29, 1.82) is 0 Å². The predicted molar refractivity (Wildman–Crippen MR) is 149 cm³/mol. The lowest BCUT2D eigenvalue weighted by Crippen LogP contribution is -2.55. The second-order valence-corrected chi connectivity index (χ2v) is 12.3. The number of fused-ring (bicyclic) bond motifs is 5. The molecule has 1 saturated heterocycles. The normalized spacial score (nSPS) is 27.8. The lowest BCUT2D eigenvalue weighted by Gasteiger charge is -2.35. The molecule has 0 radical (unpaired) electrons.